The van der Waals surface area contributed by atoms with Crippen molar-refractivity contribution in [1.29, 1.82) is 0 Å². The van der Waals surface area contributed by atoms with E-state index < -0.39 is 23.1 Å². The van der Waals surface area contributed by atoms with Gasteiger partial charge in [-0.3, -0.25) is 9.59 Å². The topological polar surface area (TPSA) is 58.6 Å². The first-order chi connectivity index (χ1) is 16.5. The van der Waals surface area contributed by atoms with Crippen molar-refractivity contribution in [3.63, 3.8) is 0 Å². The minimum Gasteiger partial charge on any atom is -0.356 e. The molecule has 2 aromatic carbocycles. The van der Waals surface area contributed by atoms with Gasteiger partial charge in [0.1, 0.15) is 5.82 Å². The van der Waals surface area contributed by atoms with Gasteiger partial charge in [-0.25, -0.2) is 4.39 Å². The minimum absolute atomic E-state index is 0.0327. The van der Waals surface area contributed by atoms with E-state index in [1.165, 1.54) is 41.3 Å². The first-order valence-corrected chi connectivity index (χ1v) is 11.5. The normalized spacial score (nSPS) is 21.9. The van der Waals surface area contributed by atoms with Gasteiger partial charge in [0.2, 0.25) is 5.91 Å². The summed E-state index contributed by atoms with van der Waals surface area (Å²) in [5.74, 6) is -1.92. The third kappa shape index (κ3) is 4.30. The number of hydrogen-bond acceptors (Lipinski definition) is 3. The van der Waals surface area contributed by atoms with Crippen molar-refractivity contribution >= 4 is 11.8 Å². The molecule has 0 bridgehead atoms. The molecule has 4 rings (SSSR count). The quantitative estimate of drug-likeness (QED) is 0.642. The summed E-state index contributed by atoms with van der Waals surface area (Å²) in [7, 11) is 0.887. The number of rotatable bonds is 4. The number of benzene rings is 2. The molecule has 2 atom stereocenters. The second-order valence-corrected chi connectivity index (χ2v) is 9.44. The summed E-state index contributed by atoms with van der Waals surface area (Å²) in [6.07, 6.45) is -4.18. The second-order valence-electron chi connectivity index (χ2n) is 9.44. The lowest BCUT2D eigenvalue weighted by Gasteiger charge is -2.50. The maximum absolute atomic E-state index is 14.4. The number of halogens is 4. The van der Waals surface area contributed by atoms with Crippen molar-refractivity contribution in [2.75, 3.05) is 26.7 Å². The molecule has 1 N–H and O–H groups in total. The van der Waals surface area contributed by atoms with Crippen LogP contribution >= 0.6 is 0 Å². The minimum atomic E-state index is -4.98. The standard InChI is InChI=1S/C26H28F4N2O3/c1-17-8-9-19(27)14-20(17)21-16-31-22(33)15-24(21)10-12-32(13-11-24)23(34)25(35-2,26(28,29)30)18-6-4-3-5-7-18/h3-9,14,21H,10-13,15-16H2,1-2H3,(H,31,33)/t21-,25+/m0/s1. The molecular formula is C26H28F4N2O3. The van der Waals surface area contributed by atoms with E-state index >= 15 is 0 Å². The Kier molecular flexibility index (Phi) is 6.66. The molecule has 2 amide bonds. The summed E-state index contributed by atoms with van der Waals surface area (Å²) in [4.78, 5) is 27.0. The van der Waals surface area contributed by atoms with Gasteiger partial charge in [0.05, 0.1) is 0 Å². The number of aryl methyl sites for hydroxylation is 1. The zero-order chi connectivity index (χ0) is 25.4. The van der Waals surface area contributed by atoms with E-state index in [2.05, 4.69) is 5.32 Å². The summed E-state index contributed by atoms with van der Waals surface area (Å²) >= 11 is 0. The van der Waals surface area contributed by atoms with E-state index in [9.17, 15) is 27.2 Å². The van der Waals surface area contributed by atoms with Crippen LogP contribution in [0.15, 0.2) is 48.5 Å². The average Bonchev–Trinajstić information content (AvgIpc) is 2.82. The fraction of sp³-hybridized carbons (Fsp3) is 0.462. The van der Waals surface area contributed by atoms with Crippen molar-refractivity contribution in [2.45, 2.75) is 43.9 Å². The van der Waals surface area contributed by atoms with Gasteiger partial charge >= 0.3 is 6.18 Å². The summed E-state index contributed by atoms with van der Waals surface area (Å²) < 4.78 is 62.2. The molecule has 2 heterocycles. The maximum Gasteiger partial charge on any atom is 0.430 e. The Morgan fingerprint density at radius 1 is 1.11 bits per heavy atom. The first-order valence-electron chi connectivity index (χ1n) is 11.5. The zero-order valence-corrected chi connectivity index (χ0v) is 19.6. The van der Waals surface area contributed by atoms with Crippen LogP contribution in [0.4, 0.5) is 17.6 Å². The van der Waals surface area contributed by atoms with E-state index in [4.69, 9.17) is 4.74 Å². The molecule has 2 saturated heterocycles. The van der Waals surface area contributed by atoms with Gasteiger partial charge in [0, 0.05) is 44.6 Å². The van der Waals surface area contributed by atoms with Crippen LogP contribution in [0.5, 0.6) is 0 Å². The van der Waals surface area contributed by atoms with Crippen LogP contribution in [-0.2, 0) is 19.9 Å². The predicted octanol–water partition coefficient (Wildman–Crippen LogP) is 4.45. The van der Waals surface area contributed by atoms with Crippen molar-refractivity contribution < 1.29 is 31.9 Å². The van der Waals surface area contributed by atoms with Crippen LogP contribution in [0.3, 0.4) is 0 Å². The Labute approximate surface area is 201 Å². The van der Waals surface area contributed by atoms with Crippen molar-refractivity contribution in [2.24, 2.45) is 5.41 Å². The van der Waals surface area contributed by atoms with Crippen molar-refractivity contribution in [3.8, 4) is 0 Å². The molecule has 2 fully saturated rings. The number of carbonyl (C=O) groups excluding carboxylic acids is 2. The number of nitrogens with zero attached hydrogens (tertiary/aromatic N) is 1. The molecule has 0 aliphatic carbocycles. The molecule has 2 aliphatic heterocycles. The molecule has 35 heavy (non-hydrogen) atoms. The number of hydrogen-bond donors (Lipinski definition) is 1. The number of amides is 2. The van der Waals surface area contributed by atoms with Gasteiger partial charge in [0.15, 0.2) is 0 Å². The fourth-order valence-electron chi connectivity index (χ4n) is 5.67. The Morgan fingerprint density at radius 3 is 2.37 bits per heavy atom. The summed E-state index contributed by atoms with van der Waals surface area (Å²) in [5.41, 5.74) is -2.34. The Hall–Kier alpha value is -2.94. The average molecular weight is 493 g/mol. The fourth-order valence-corrected chi connectivity index (χ4v) is 5.67. The molecule has 0 unspecified atom stereocenters. The maximum atomic E-state index is 14.4. The van der Waals surface area contributed by atoms with Crippen molar-refractivity contribution in [1.82, 2.24) is 10.2 Å². The molecule has 1 spiro atoms. The highest BCUT2D eigenvalue weighted by Crippen LogP contribution is 2.51. The number of carbonyl (C=O) groups is 2. The van der Waals surface area contributed by atoms with E-state index in [1.807, 2.05) is 6.92 Å². The number of ether oxygens (including phenoxy) is 1. The van der Waals surface area contributed by atoms with E-state index in [1.54, 1.807) is 12.1 Å². The molecule has 9 heteroatoms. The van der Waals surface area contributed by atoms with Gasteiger partial charge in [-0.1, -0.05) is 36.4 Å². The molecule has 188 valence electrons. The number of likely N-dealkylation sites (tertiary alicyclic amines) is 1. The molecular weight excluding hydrogens is 464 g/mol. The monoisotopic (exact) mass is 492 g/mol. The van der Waals surface area contributed by atoms with Gasteiger partial charge in [-0.15, -0.1) is 0 Å². The summed E-state index contributed by atoms with van der Waals surface area (Å²) in [5, 5.41) is 2.85. The highest BCUT2D eigenvalue weighted by atomic mass is 19.4. The summed E-state index contributed by atoms with van der Waals surface area (Å²) in [6.45, 7) is 2.25. The lowest BCUT2D eigenvalue weighted by molar-refractivity contribution is -0.271. The second kappa shape index (κ2) is 9.26. The van der Waals surface area contributed by atoms with Crippen molar-refractivity contribution in [3.05, 3.63) is 71.0 Å². The van der Waals surface area contributed by atoms with Crippen LogP contribution < -0.4 is 5.32 Å². The largest absolute Gasteiger partial charge is 0.430 e. The van der Waals surface area contributed by atoms with E-state index in [0.717, 1.165) is 18.2 Å². The number of piperidine rings is 2. The predicted molar refractivity (Wildman–Crippen MR) is 121 cm³/mol. The number of nitrogens with one attached hydrogen (secondary N) is 1. The van der Waals surface area contributed by atoms with Gasteiger partial charge < -0.3 is 15.0 Å². The zero-order valence-electron chi connectivity index (χ0n) is 19.6. The lowest BCUT2D eigenvalue weighted by Crippen LogP contribution is -2.60. The number of methoxy groups -OCH3 is 1. The SMILES string of the molecule is CO[C@@](C(=O)N1CCC2(CC1)CC(=O)NC[C@H]2c1cc(F)ccc1C)(c1ccccc1)C(F)(F)F. The van der Waals surface area contributed by atoms with E-state index in [-0.39, 0.29) is 42.7 Å². The van der Waals surface area contributed by atoms with Gasteiger partial charge in [0.25, 0.3) is 11.5 Å². The first kappa shape index (κ1) is 25.2. The lowest BCUT2D eigenvalue weighted by atomic mass is 9.62. The molecule has 0 radical (unpaired) electrons. The van der Waals surface area contributed by atoms with E-state index in [0.29, 0.717) is 19.4 Å². The Morgan fingerprint density at radius 2 is 1.77 bits per heavy atom. The molecule has 2 aromatic rings. The Balaban J connectivity index is 1.64. The number of alkyl halides is 3. The third-order valence-electron chi connectivity index (χ3n) is 7.61. The smallest absolute Gasteiger partial charge is 0.356 e. The van der Waals surface area contributed by atoms with Crippen LogP contribution in [-0.4, -0.2) is 49.6 Å². The highest BCUT2D eigenvalue weighted by molar-refractivity contribution is 5.88. The van der Waals surface area contributed by atoms with Crippen LogP contribution in [0, 0.1) is 18.2 Å². The molecule has 2 aliphatic rings. The molecule has 0 aromatic heterocycles. The molecule has 5 nitrogen and oxygen atoms in total. The van der Waals surface area contributed by atoms with Crippen LogP contribution in [0.25, 0.3) is 0 Å². The Bertz CT molecular complexity index is 1100. The van der Waals surface area contributed by atoms with Gasteiger partial charge in [-0.2, -0.15) is 13.2 Å². The molecule has 0 saturated carbocycles. The highest BCUT2D eigenvalue weighted by Gasteiger charge is 2.64. The van der Waals surface area contributed by atoms with Crippen LogP contribution in [0.2, 0.25) is 0 Å². The summed E-state index contributed by atoms with van der Waals surface area (Å²) in [6, 6.07) is 11.4. The third-order valence-corrected chi connectivity index (χ3v) is 7.61. The van der Waals surface area contributed by atoms with Crippen LogP contribution in [0.1, 0.15) is 41.9 Å². The van der Waals surface area contributed by atoms with Gasteiger partial charge in [-0.05, 0) is 48.4 Å².